The monoisotopic (exact) mass is 460 g/mol. The minimum absolute atomic E-state index is 0.110. The number of rotatable bonds is 6. The quantitative estimate of drug-likeness (QED) is 0.441. The lowest BCUT2D eigenvalue weighted by molar-refractivity contribution is -0.113. The van der Waals surface area contributed by atoms with Crippen LogP contribution in [0, 0.1) is 5.82 Å². The first kappa shape index (κ1) is 21.5. The average molecular weight is 461 g/mol. The summed E-state index contributed by atoms with van der Waals surface area (Å²) in [5.74, 6) is -0.279. The van der Waals surface area contributed by atoms with Crippen molar-refractivity contribution in [2.75, 3.05) is 18.2 Å². The summed E-state index contributed by atoms with van der Waals surface area (Å²) in [6.07, 6.45) is 3.85. The summed E-state index contributed by atoms with van der Waals surface area (Å²) in [6, 6.07) is 5.99. The van der Waals surface area contributed by atoms with Gasteiger partial charge >= 0.3 is 5.97 Å². The molecule has 3 aromatic rings. The van der Waals surface area contributed by atoms with Gasteiger partial charge in [-0.2, -0.15) is 0 Å². The number of nitrogens with zero attached hydrogens (tertiary/aromatic N) is 3. The molecule has 0 saturated heterocycles. The van der Waals surface area contributed by atoms with Crippen LogP contribution in [0.1, 0.15) is 33.6 Å². The summed E-state index contributed by atoms with van der Waals surface area (Å²) >= 11 is 2.70. The zero-order valence-electron chi connectivity index (χ0n) is 17.1. The van der Waals surface area contributed by atoms with Gasteiger partial charge in [-0.1, -0.05) is 11.8 Å². The first-order valence-electron chi connectivity index (χ1n) is 9.78. The molecule has 31 heavy (non-hydrogen) atoms. The van der Waals surface area contributed by atoms with Crippen molar-refractivity contribution in [1.82, 2.24) is 14.8 Å². The number of halogens is 1. The van der Waals surface area contributed by atoms with Crippen molar-refractivity contribution in [1.29, 1.82) is 0 Å². The lowest BCUT2D eigenvalue weighted by Gasteiger charge is -2.11. The topological polar surface area (TPSA) is 86.1 Å². The van der Waals surface area contributed by atoms with Crippen molar-refractivity contribution in [3.63, 3.8) is 0 Å². The van der Waals surface area contributed by atoms with Crippen LogP contribution in [0.2, 0.25) is 0 Å². The minimum atomic E-state index is -0.417. The number of anilines is 1. The van der Waals surface area contributed by atoms with Crippen LogP contribution in [-0.2, 0) is 29.4 Å². The van der Waals surface area contributed by atoms with Crippen LogP contribution in [0.15, 0.2) is 29.4 Å². The van der Waals surface area contributed by atoms with Gasteiger partial charge < -0.3 is 14.6 Å². The molecular weight excluding hydrogens is 439 g/mol. The number of thioether (sulfide) groups is 1. The molecule has 0 fully saturated rings. The van der Waals surface area contributed by atoms with E-state index in [1.54, 1.807) is 23.7 Å². The highest BCUT2D eigenvalue weighted by molar-refractivity contribution is 7.99. The Morgan fingerprint density at radius 1 is 1.23 bits per heavy atom. The van der Waals surface area contributed by atoms with E-state index in [1.807, 2.05) is 0 Å². The zero-order chi connectivity index (χ0) is 22.0. The Hall–Kier alpha value is -2.72. The second-order valence-corrected chi connectivity index (χ2v) is 9.16. The van der Waals surface area contributed by atoms with Gasteiger partial charge in [0, 0.05) is 17.5 Å². The van der Waals surface area contributed by atoms with Gasteiger partial charge in [0.15, 0.2) is 11.0 Å². The number of amides is 1. The Morgan fingerprint density at radius 2 is 1.97 bits per heavy atom. The molecule has 2 heterocycles. The second-order valence-electron chi connectivity index (χ2n) is 7.12. The van der Waals surface area contributed by atoms with Gasteiger partial charge in [-0.3, -0.25) is 4.79 Å². The highest BCUT2D eigenvalue weighted by Crippen LogP contribution is 2.38. The highest BCUT2D eigenvalue weighted by Gasteiger charge is 2.27. The van der Waals surface area contributed by atoms with Crippen LogP contribution < -0.4 is 5.32 Å². The molecule has 10 heteroatoms. The Kier molecular flexibility index (Phi) is 6.38. The molecule has 1 amide bonds. The predicted molar refractivity (Wildman–Crippen MR) is 118 cm³/mol. The number of fused-ring (bicyclic) bond motifs is 1. The SMILES string of the molecule is COC(=O)c1c(NC(=O)CSc2nnc(-c3ccc(F)cc3)n2C)sc2c1CCCC2. The van der Waals surface area contributed by atoms with Gasteiger partial charge in [-0.25, -0.2) is 9.18 Å². The number of aryl methyl sites for hydroxylation is 1. The van der Waals surface area contributed by atoms with Crippen molar-refractivity contribution in [2.24, 2.45) is 7.05 Å². The fourth-order valence-corrected chi connectivity index (χ4v) is 5.56. The van der Waals surface area contributed by atoms with E-state index < -0.39 is 5.97 Å². The lowest BCUT2D eigenvalue weighted by atomic mass is 9.95. The van der Waals surface area contributed by atoms with E-state index >= 15 is 0 Å². The summed E-state index contributed by atoms with van der Waals surface area (Å²) in [4.78, 5) is 26.1. The van der Waals surface area contributed by atoms with Crippen molar-refractivity contribution in [3.8, 4) is 11.4 Å². The molecule has 0 saturated carbocycles. The molecular formula is C21H21FN4O3S2. The smallest absolute Gasteiger partial charge is 0.341 e. The van der Waals surface area contributed by atoms with Crippen LogP contribution in [0.3, 0.4) is 0 Å². The number of thiophene rings is 1. The van der Waals surface area contributed by atoms with Crippen molar-refractivity contribution < 1.29 is 18.7 Å². The Morgan fingerprint density at radius 3 is 2.71 bits per heavy atom. The first-order valence-corrected chi connectivity index (χ1v) is 11.6. The minimum Gasteiger partial charge on any atom is -0.465 e. The number of hydrogen-bond acceptors (Lipinski definition) is 7. The van der Waals surface area contributed by atoms with Gasteiger partial charge in [0.05, 0.1) is 18.4 Å². The molecule has 0 spiro atoms. The normalized spacial score (nSPS) is 13.0. The molecule has 0 bridgehead atoms. The molecule has 1 aliphatic rings. The summed E-state index contributed by atoms with van der Waals surface area (Å²) in [5, 5.41) is 12.3. The number of ether oxygens (including phenoxy) is 1. The maximum Gasteiger partial charge on any atom is 0.341 e. The first-order chi connectivity index (χ1) is 15.0. The van der Waals surface area contributed by atoms with Crippen LogP contribution >= 0.6 is 23.1 Å². The number of hydrogen-bond donors (Lipinski definition) is 1. The number of nitrogens with one attached hydrogen (secondary N) is 1. The van der Waals surface area contributed by atoms with E-state index in [9.17, 15) is 14.0 Å². The highest BCUT2D eigenvalue weighted by atomic mass is 32.2. The van der Waals surface area contributed by atoms with Gasteiger partial charge in [0.1, 0.15) is 10.8 Å². The molecule has 0 aliphatic heterocycles. The zero-order valence-corrected chi connectivity index (χ0v) is 18.7. The molecule has 1 N–H and O–H groups in total. The van der Waals surface area contributed by atoms with Crippen molar-refractivity contribution in [2.45, 2.75) is 30.8 Å². The van der Waals surface area contributed by atoms with Crippen molar-refractivity contribution >= 4 is 40.0 Å². The third-order valence-electron chi connectivity index (χ3n) is 5.08. The Bertz CT molecular complexity index is 1120. The standard InChI is InChI=1S/C21H21FN4O3S2/c1-26-18(12-7-9-13(22)10-8-12)24-25-21(26)30-11-16(27)23-19-17(20(28)29-2)14-5-3-4-6-15(14)31-19/h7-10H,3-6,11H2,1-2H3,(H,23,27). The molecule has 1 aromatic carbocycles. The maximum atomic E-state index is 13.2. The second kappa shape index (κ2) is 9.19. The fraction of sp³-hybridized carbons (Fsp3) is 0.333. The lowest BCUT2D eigenvalue weighted by Crippen LogP contribution is -2.17. The molecule has 0 unspecified atom stereocenters. The van der Waals surface area contributed by atoms with E-state index in [-0.39, 0.29) is 17.5 Å². The van der Waals surface area contributed by atoms with Gasteiger partial charge in [-0.15, -0.1) is 21.5 Å². The Balaban J connectivity index is 1.45. The number of carbonyl (C=O) groups excluding carboxylic acids is 2. The maximum absolute atomic E-state index is 13.2. The molecule has 0 atom stereocenters. The third kappa shape index (κ3) is 4.49. The summed E-state index contributed by atoms with van der Waals surface area (Å²) in [7, 11) is 3.14. The number of methoxy groups -OCH3 is 1. The van der Waals surface area contributed by atoms with E-state index in [1.165, 1.54) is 42.3 Å². The number of benzene rings is 1. The van der Waals surface area contributed by atoms with Gasteiger partial charge in [0.2, 0.25) is 5.91 Å². The fourth-order valence-electron chi connectivity index (χ4n) is 3.56. The van der Waals surface area contributed by atoms with Crippen LogP contribution in [-0.4, -0.2) is 39.5 Å². The molecule has 162 valence electrons. The number of aromatic nitrogens is 3. The number of esters is 1. The average Bonchev–Trinajstić information content (AvgIpc) is 3.32. The van der Waals surface area contributed by atoms with Gasteiger partial charge in [0.25, 0.3) is 0 Å². The predicted octanol–water partition coefficient (Wildman–Crippen LogP) is 4.08. The van der Waals surface area contributed by atoms with E-state index in [4.69, 9.17) is 4.74 Å². The molecule has 7 nitrogen and oxygen atoms in total. The largest absolute Gasteiger partial charge is 0.465 e. The van der Waals surface area contributed by atoms with Crippen LogP contribution in [0.25, 0.3) is 11.4 Å². The summed E-state index contributed by atoms with van der Waals surface area (Å²) in [5.41, 5.74) is 2.22. The molecule has 4 rings (SSSR count). The number of carbonyl (C=O) groups is 2. The molecule has 2 aromatic heterocycles. The van der Waals surface area contributed by atoms with E-state index in [2.05, 4.69) is 15.5 Å². The summed E-state index contributed by atoms with van der Waals surface area (Å²) in [6.45, 7) is 0. The Labute approximate surface area is 187 Å². The van der Waals surface area contributed by atoms with E-state index in [0.29, 0.717) is 21.5 Å². The molecule has 1 aliphatic carbocycles. The van der Waals surface area contributed by atoms with Crippen LogP contribution in [0.5, 0.6) is 0 Å². The van der Waals surface area contributed by atoms with Crippen molar-refractivity contribution in [3.05, 3.63) is 46.1 Å². The van der Waals surface area contributed by atoms with Gasteiger partial charge in [-0.05, 0) is 55.5 Å². The molecule has 0 radical (unpaired) electrons. The third-order valence-corrected chi connectivity index (χ3v) is 7.31. The summed E-state index contributed by atoms with van der Waals surface area (Å²) < 4.78 is 19.9. The van der Waals surface area contributed by atoms with E-state index in [0.717, 1.165) is 41.7 Å². The van der Waals surface area contributed by atoms with Crippen LogP contribution in [0.4, 0.5) is 9.39 Å².